The molecule has 0 fully saturated rings. The minimum Gasteiger partial charge on any atom is -0.464 e. The number of anilines is 2. The molecule has 0 aliphatic heterocycles. The highest BCUT2D eigenvalue weighted by atomic mass is 79.9. The molecule has 0 saturated carbocycles. The number of nitrogens with two attached hydrogens (primary N) is 2. The monoisotopic (exact) mass is 596 g/mol. The Morgan fingerprint density at radius 1 is 0.821 bits per heavy atom. The number of ether oxygens (including phenoxy) is 2. The maximum atomic E-state index is 11.4. The van der Waals surface area contributed by atoms with E-state index in [0.717, 1.165) is 11.1 Å². The summed E-state index contributed by atoms with van der Waals surface area (Å²) in [5.41, 5.74) is 14.1. The molecular weight excluding hydrogens is 571 g/mol. The van der Waals surface area contributed by atoms with Gasteiger partial charge in [-0.2, -0.15) is 0 Å². The van der Waals surface area contributed by atoms with E-state index in [9.17, 15) is 9.59 Å². The molecule has 14 heteroatoms. The Bertz CT molecular complexity index is 1390. The smallest absolute Gasteiger partial charge is 0.464 e. The van der Waals surface area contributed by atoms with Gasteiger partial charge in [0.05, 0.1) is 32.3 Å². The third-order valence-corrected chi connectivity index (χ3v) is 5.16. The van der Waals surface area contributed by atoms with Gasteiger partial charge in [-0.3, -0.25) is 0 Å². The van der Waals surface area contributed by atoms with E-state index in [1.165, 1.54) is 26.6 Å². The Kier molecular flexibility index (Phi) is 12.0. The number of esters is 2. The molecule has 0 aliphatic rings. The molecule has 2 heterocycles. The van der Waals surface area contributed by atoms with Gasteiger partial charge < -0.3 is 31.0 Å². The van der Waals surface area contributed by atoms with E-state index in [1.807, 2.05) is 49.4 Å². The summed E-state index contributed by atoms with van der Waals surface area (Å²) < 4.78 is 9.46. The van der Waals surface area contributed by atoms with E-state index >= 15 is 0 Å². The molecule has 4 aromatic rings. The average molecular weight is 597 g/mol. The van der Waals surface area contributed by atoms with Crippen molar-refractivity contribution in [1.82, 2.24) is 19.9 Å². The molecule has 39 heavy (non-hydrogen) atoms. The second-order valence-electron chi connectivity index (χ2n) is 7.55. The summed E-state index contributed by atoms with van der Waals surface area (Å²) >= 11 is 3.06. The standard InChI is InChI=1S/C12H11N3O2.C7H9BO2.C6H6BrN3O2/c1-17-12(16)10-11(13)14-7-9(15-10)8-5-3-2-4-6-8;1-6-2-4-7(5-3-6)8(9)10;1-12-6(11)4-5(8)9-2-3(7)10-4/h2-7H,1H3,(H2,13,14);2-5,9-10H,1H3;2H,1H3,(H2,8,9). The van der Waals surface area contributed by atoms with Gasteiger partial charge in [-0.05, 0) is 28.3 Å². The van der Waals surface area contributed by atoms with Crippen molar-refractivity contribution in [2.24, 2.45) is 0 Å². The van der Waals surface area contributed by atoms with Crippen molar-refractivity contribution in [3.05, 3.63) is 88.5 Å². The Labute approximate surface area is 233 Å². The maximum absolute atomic E-state index is 11.4. The van der Waals surface area contributed by atoms with Crippen molar-refractivity contribution in [2.75, 3.05) is 25.7 Å². The Hall–Kier alpha value is -4.40. The number of methoxy groups -OCH3 is 2. The van der Waals surface area contributed by atoms with Gasteiger partial charge in [0.1, 0.15) is 4.60 Å². The number of carbonyl (C=O) groups excluding carboxylic acids is 2. The number of carbonyl (C=O) groups is 2. The SMILES string of the molecule is COC(=O)c1nc(-c2ccccc2)cnc1N.COC(=O)c1nc(Br)cnc1N.Cc1ccc(B(O)O)cc1. The number of rotatable bonds is 4. The van der Waals surface area contributed by atoms with Crippen LogP contribution in [-0.2, 0) is 9.47 Å². The fourth-order valence-electron chi connectivity index (χ4n) is 2.76. The number of nitrogens with zero attached hydrogens (tertiary/aromatic N) is 4. The summed E-state index contributed by atoms with van der Waals surface area (Å²) in [6.45, 7) is 1.95. The van der Waals surface area contributed by atoms with Gasteiger partial charge >= 0.3 is 19.1 Å². The van der Waals surface area contributed by atoms with Crippen molar-refractivity contribution < 1.29 is 29.1 Å². The van der Waals surface area contributed by atoms with Gasteiger partial charge in [-0.15, -0.1) is 0 Å². The van der Waals surface area contributed by atoms with Crippen LogP contribution in [0.3, 0.4) is 0 Å². The minimum absolute atomic E-state index is 0.0203. The van der Waals surface area contributed by atoms with Crippen LogP contribution in [0.15, 0.2) is 71.6 Å². The van der Waals surface area contributed by atoms with Crippen LogP contribution in [0.25, 0.3) is 11.3 Å². The predicted molar refractivity (Wildman–Crippen MR) is 150 cm³/mol. The van der Waals surface area contributed by atoms with Crippen molar-refractivity contribution in [3.63, 3.8) is 0 Å². The van der Waals surface area contributed by atoms with Crippen LogP contribution in [0.1, 0.15) is 26.5 Å². The predicted octanol–water partition coefficient (Wildman–Crippen LogP) is 1.80. The van der Waals surface area contributed by atoms with E-state index in [0.29, 0.717) is 15.8 Å². The maximum Gasteiger partial charge on any atom is 0.488 e. The largest absolute Gasteiger partial charge is 0.488 e. The number of nitrogen functional groups attached to an aromatic ring is 2. The molecule has 0 bridgehead atoms. The van der Waals surface area contributed by atoms with E-state index in [4.69, 9.17) is 21.5 Å². The number of benzene rings is 2. The zero-order valence-corrected chi connectivity index (χ0v) is 22.9. The highest BCUT2D eigenvalue weighted by molar-refractivity contribution is 9.10. The highest BCUT2D eigenvalue weighted by Crippen LogP contribution is 2.18. The molecule has 0 spiro atoms. The number of halogens is 1. The van der Waals surface area contributed by atoms with Crippen LogP contribution >= 0.6 is 15.9 Å². The molecule has 2 aromatic heterocycles. The van der Waals surface area contributed by atoms with Gasteiger partial charge in [0.25, 0.3) is 0 Å². The summed E-state index contributed by atoms with van der Waals surface area (Å²) in [4.78, 5) is 38.0. The van der Waals surface area contributed by atoms with Crippen molar-refractivity contribution in [3.8, 4) is 11.3 Å². The van der Waals surface area contributed by atoms with E-state index in [1.54, 1.807) is 12.1 Å². The molecule has 0 atom stereocenters. The first-order valence-corrected chi connectivity index (χ1v) is 11.9. The van der Waals surface area contributed by atoms with E-state index < -0.39 is 19.1 Å². The first kappa shape index (κ1) is 30.8. The number of hydrogen-bond acceptors (Lipinski definition) is 12. The molecule has 12 nitrogen and oxygen atoms in total. The summed E-state index contributed by atoms with van der Waals surface area (Å²) in [5.74, 6) is -1.06. The summed E-state index contributed by atoms with van der Waals surface area (Å²) in [7, 11) is 1.18. The number of hydrogen-bond donors (Lipinski definition) is 4. The Morgan fingerprint density at radius 2 is 1.33 bits per heavy atom. The molecule has 4 rings (SSSR count). The first-order chi connectivity index (χ1) is 18.6. The lowest BCUT2D eigenvalue weighted by atomic mass is 9.80. The quantitative estimate of drug-likeness (QED) is 0.197. The zero-order chi connectivity index (χ0) is 28.9. The van der Waals surface area contributed by atoms with Crippen molar-refractivity contribution >= 4 is 52.1 Å². The normalized spacial score (nSPS) is 9.69. The lowest BCUT2D eigenvalue weighted by Gasteiger charge is -2.05. The average Bonchev–Trinajstić information content (AvgIpc) is 2.95. The molecular formula is C25H26BBrN6O6. The van der Waals surface area contributed by atoms with Crippen LogP contribution in [0.4, 0.5) is 11.6 Å². The zero-order valence-electron chi connectivity index (χ0n) is 21.3. The second-order valence-corrected chi connectivity index (χ2v) is 8.36. The summed E-state index contributed by atoms with van der Waals surface area (Å²) in [6, 6.07) is 16.5. The fraction of sp³-hybridized carbons (Fsp3) is 0.120. The Balaban J connectivity index is 0.000000214. The molecule has 0 saturated heterocycles. The third kappa shape index (κ3) is 9.45. The highest BCUT2D eigenvalue weighted by Gasteiger charge is 2.15. The lowest BCUT2D eigenvalue weighted by Crippen LogP contribution is -2.29. The van der Waals surface area contributed by atoms with E-state index in [-0.39, 0.29) is 23.0 Å². The molecule has 2 aromatic carbocycles. The van der Waals surface area contributed by atoms with Crippen LogP contribution in [-0.4, -0.2) is 63.3 Å². The summed E-state index contributed by atoms with van der Waals surface area (Å²) in [6.07, 6.45) is 2.93. The lowest BCUT2D eigenvalue weighted by molar-refractivity contribution is 0.0586. The van der Waals surface area contributed by atoms with Crippen LogP contribution < -0.4 is 16.9 Å². The third-order valence-electron chi connectivity index (χ3n) is 4.77. The Morgan fingerprint density at radius 3 is 1.85 bits per heavy atom. The molecule has 0 unspecified atom stereocenters. The summed E-state index contributed by atoms with van der Waals surface area (Å²) in [5, 5.41) is 17.3. The van der Waals surface area contributed by atoms with Crippen LogP contribution in [0.2, 0.25) is 0 Å². The van der Waals surface area contributed by atoms with Crippen molar-refractivity contribution in [2.45, 2.75) is 6.92 Å². The van der Waals surface area contributed by atoms with Gasteiger partial charge in [0.2, 0.25) is 0 Å². The van der Waals surface area contributed by atoms with Crippen LogP contribution in [0.5, 0.6) is 0 Å². The minimum atomic E-state index is -1.35. The number of aryl methyl sites for hydroxylation is 1. The fourth-order valence-corrected chi connectivity index (χ4v) is 3.04. The van der Waals surface area contributed by atoms with Gasteiger partial charge in [0, 0.05) is 5.56 Å². The second kappa shape index (κ2) is 15.1. The molecule has 0 amide bonds. The molecule has 202 valence electrons. The van der Waals surface area contributed by atoms with Gasteiger partial charge in [-0.1, -0.05) is 60.2 Å². The topological polar surface area (TPSA) is 197 Å². The van der Waals surface area contributed by atoms with E-state index in [2.05, 4.69) is 45.3 Å². The van der Waals surface area contributed by atoms with Gasteiger partial charge in [-0.25, -0.2) is 29.5 Å². The number of aromatic nitrogens is 4. The molecule has 0 radical (unpaired) electrons. The molecule has 6 N–H and O–H groups in total. The molecule has 0 aliphatic carbocycles. The first-order valence-electron chi connectivity index (χ1n) is 11.1. The van der Waals surface area contributed by atoms with Gasteiger partial charge in [0.15, 0.2) is 23.0 Å². The van der Waals surface area contributed by atoms with Crippen LogP contribution in [0, 0.1) is 6.92 Å². The van der Waals surface area contributed by atoms with Crippen molar-refractivity contribution in [1.29, 1.82) is 0 Å².